The summed E-state index contributed by atoms with van der Waals surface area (Å²) in [7, 11) is 0. The highest BCUT2D eigenvalue weighted by atomic mass is 35.5. The van der Waals surface area contributed by atoms with E-state index in [4.69, 9.17) is 25.6 Å². The maximum atomic E-state index is 12.1. The zero-order valence-electron chi connectivity index (χ0n) is 14.1. The van der Waals surface area contributed by atoms with Gasteiger partial charge in [0.25, 0.3) is 0 Å². The van der Waals surface area contributed by atoms with Crippen LogP contribution in [0.1, 0.15) is 28.5 Å². The van der Waals surface area contributed by atoms with E-state index < -0.39 is 5.97 Å². The van der Waals surface area contributed by atoms with E-state index in [0.29, 0.717) is 22.0 Å². The Morgan fingerprint density at radius 3 is 3.00 bits per heavy atom. The first-order valence-electron chi connectivity index (χ1n) is 8.27. The molecule has 3 aromatic rings. The van der Waals surface area contributed by atoms with Crippen molar-refractivity contribution in [3.8, 4) is 17.1 Å². The molecular weight excluding hydrogens is 354 g/mol. The van der Waals surface area contributed by atoms with E-state index >= 15 is 0 Å². The van der Waals surface area contributed by atoms with Crippen molar-refractivity contribution in [1.82, 2.24) is 5.16 Å². The van der Waals surface area contributed by atoms with Crippen molar-refractivity contribution in [3.63, 3.8) is 0 Å². The number of rotatable bonds is 4. The number of nitrogens with zero attached hydrogens (tertiary/aromatic N) is 1. The van der Waals surface area contributed by atoms with Gasteiger partial charge in [-0.05, 0) is 48.9 Å². The van der Waals surface area contributed by atoms with Gasteiger partial charge in [-0.1, -0.05) is 22.8 Å². The molecule has 5 nitrogen and oxygen atoms in total. The van der Waals surface area contributed by atoms with Crippen molar-refractivity contribution in [2.24, 2.45) is 0 Å². The lowest BCUT2D eigenvalue weighted by Gasteiger charge is -2.02. The highest BCUT2D eigenvalue weighted by Gasteiger charge is 2.20. The lowest BCUT2D eigenvalue weighted by molar-refractivity contribution is 0.0464. The monoisotopic (exact) mass is 369 g/mol. The number of ether oxygens (including phenoxy) is 2. The summed E-state index contributed by atoms with van der Waals surface area (Å²) in [5.74, 6) is 1.08. The van der Waals surface area contributed by atoms with Gasteiger partial charge >= 0.3 is 5.97 Å². The van der Waals surface area contributed by atoms with E-state index in [0.717, 1.165) is 23.3 Å². The fraction of sp³-hybridized carbons (Fsp3) is 0.200. The minimum absolute atomic E-state index is 0.0277. The van der Waals surface area contributed by atoms with Crippen LogP contribution in [0, 0.1) is 0 Å². The van der Waals surface area contributed by atoms with Gasteiger partial charge in [-0.2, -0.15) is 0 Å². The maximum Gasteiger partial charge on any atom is 0.338 e. The van der Waals surface area contributed by atoms with Crippen molar-refractivity contribution in [1.29, 1.82) is 0 Å². The average Bonchev–Trinajstić information content (AvgIpc) is 3.24. The molecule has 4 rings (SSSR count). The SMILES string of the molecule is CC1Cc2cc(-c3cc(COC(=O)c4cccc(Cl)c4)no3)ccc2O1. The summed E-state index contributed by atoms with van der Waals surface area (Å²) in [6.07, 6.45) is 1.07. The van der Waals surface area contributed by atoms with Crippen LogP contribution in [-0.4, -0.2) is 17.2 Å². The lowest BCUT2D eigenvalue weighted by atomic mass is 10.1. The van der Waals surface area contributed by atoms with Gasteiger partial charge in [0.2, 0.25) is 0 Å². The quantitative estimate of drug-likeness (QED) is 0.625. The summed E-state index contributed by atoms with van der Waals surface area (Å²) in [5.41, 5.74) is 3.01. The molecule has 132 valence electrons. The highest BCUT2D eigenvalue weighted by molar-refractivity contribution is 6.30. The number of benzene rings is 2. The van der Waals surface area contributed by atoms with Crippen LogP contribution in [0.3, 0.4) is 0 Å². The summed E-state index contributed by atoms with van der Waals surface area (Å²) < 4.78 is 16.4. The second kappa shape index (κ2) is 6.84. The number of esters is 1. The molecule has 0 saturated heterocycles. The van der Waals surface area contributed by atoms with Crippen molar-refractivity contribution < 1.29 is 18.8 Å². The standard InChI is InChI=1S/C20H16ClNO4/c1-12-7-15-8-13(5-6-18(15)25-12)19-10-17(22-26-19)11-24-20(23)14-3-2-4-16(21)9-14/h2-6,8-10,12H,7,11H2,1H3. The van der Waals surface area contributed by atoms with E-state index in [1.807, 2.05) is 25.1 Å². The Hall–Kier alpha value is -2.79. The summed E-state index contributed by atoms with van der Waals surface area (Å²) in [5, 5.41) is 4.46. The Morgan fingerprint density at radius 1 is 1.27 bits per heavy atom. The molecule has 1 aliphatic rings. The second-order valence-electron chi connectivity index (χ2n) is 6.22. The van der Waals surface area contributed by atoms with E-state index in [1.165, 1.54) is 0 Å². The molecule has 1 aromatic heterocycles. The number of aromatic nitrogens is 1. The summed E-state index contributed by atoms with van der Waals surface area (Å²) >= 11 is 5.88. The molecule has 0 radical (unpaired) electrons. The van der Waals surface area contributed by atoms with Crippen LogP contribution in [0.15, 0.2) is 53.1 Å². The maximum absolute atomic E-state index is 12.1. The normalized spacial score (nSPS) is 15.4. The molecule has 0 saturated carbocycles. The zero-order chi connectivity index (χ0) is 18.1. The van der Waals surface area contributed by atoms with Crippen LogP contribution in [0.25, 0.3) is 11.3 Å². The number of fused-ring (bicyclic) bond motifs is 1. The lowest BCUT2D eigenvalue weighted by Crippen LogP contribution is -2.05. The van der Waals surface area contributed by atoms with Gasteiger partial charge in [-0.3, -0.25) is 0 Å². The molecule has 2 heterocycles. The molecule has 0 N–H and O–H groups in total. The average molecular weight is 370 g/mol. The van der Waals surface area contributed by atoms with Gasteiger partial charge in [0, 0.05) is 23.1 Å². The van der Waals surface area contributed by atoms with Crippen LogP contribution < -0.4 is 4.74 Å². The van der Waals surface area contributed by atoms with Crippen LogP contribution in [-0.2, 0) is 17.8 Å². The molecule has 6 heteroatoms. The molecule has 0 fully saturated rings. The Bertz CT molecular complexity index is 966. The number of halogens is 1. The van der Waals surface area contributed by atoms with Crippen LogP contribution in [0.5, 0.6) is 5.75 Å². The number of hydrogen-bond acceptors (Lipinski definition) is 5. The van der Waals surface area contributed by atoms with Gasteiger partial charge in [-0.15, -0.1) is 0 Å². The third-order valence-corrected chi connectivity index (χ3v) is 4.39. The van der Waals surface area contributed by atoms with Crippen molar-refractivity contribution >= 4 is 17.6 Å². The topological polar surface area (TPSA) is 61.6 Å². The van der Waals surface area contributed by atoms with Crippen molar-refractivity contribution in [3.05, 3.63) is 70.4 Å². The van der Waals surface area contributed by atoms with E-state index in [9.17, 15) is 4.79 Å². The van der Waals surface area contributed by atoms with Gasteiger partial charge in [0.1, 0.15) is 24.2 Å². The van der Waals surface area contributed by atoms with Gasteiger partial charge in [-0.25, -0.2) is 4.79 Å². The first-order chi connectivity index (χ1) is 12.6. The van der Waals surface area contributed by atoms with Gasteiger partial charge in [0.15, 0.2) is 5.76 Å². The Balaban J connectivity index is 1.44. The number of hydrogen-bond donors (Lipinski definition) is 0. The fourth-order valence-corrected chi connectivity index (χ4v) is 3.12. The molecule has 0 spiro atoms. The van der Waals surface area contributed by atoms with Crippen LogP contribution in [0.4, 0.5) is 0 Å². The minimum Gasteiger partial charge on any atom is -0.490 e. The molecule has 1 aliphatic heterocycles. The molecule has 1 unspecified atom stereocenters. The molecule has 0 amide bonds. The predicted molar refractivity (Wildman–Crippen MR) is 96.3 cm³/mol. The predicted octanol–water partition coefficient (Wildman–Crippen LogP) is 4.68. The van der Waals surface area contributed by atoms with Gasteiger partial charge < -0.3 is 14.0 Å². The van der Waals surface area contributed by atoms with Crippen LogP contribution in [0.2, 0.25) is 5.02 Å². The smallest absolute Gasteiger partial charge is 0.338 e. The third-order valence-electron chi connectivity index (χ3n) is 4.15. The van der Waals surface area contributed by atoms with E-state index in [1.54, 1.807) is 30.3 Å². The molecule has 0 bridgehead atoms. The summed E-state index contributed by atoms with van der Waals surface area (Å²) in [4.78, 5) is 12.1. The largest absolute Gasteiger partial charge is 0.490 e. The Labute approximate surface area is 155 Å². The minimum atomic E-state index is -0.458. The summed E-state index contributed by atoms with van der Waals surface area (Å²) in [6.45, 7) is 2.07. The van der Waals surface area contributed by atoms with Crippen molar-refractivity contribution in [2.75, 3.05) is 0 Å². The van der Waals surface area contributed by atoms with Gasteiger partial charge in [0.05, 0.1) is 5.56 Å². The third kappa shape index (κ3) is 3.44. The summed E-state index contributed by atoms with van der Waals surface area (Å²) in [6, 6.07) is 14.3. The second-order valence-corrected chi connectivity index (χ2v) is 6.66. The van der Waals surface area contributed by atoms with Crippen molar-refractivity contribution in [2.45, 2.75) is 26.1 Å². The number of carbonyl (C=O) groups is 1. The fourth-order valence-electron chi connectivity index (χ4n) is 2.93. The first-order valence-corrected chi connectivity index (χ1v) is 8.64. The van der Waals surface area contributed by atoms with Crippen LogP contribution >= 0.6 is 11.6 Å². The first kappa shape index (κ1) is 16.7. The molecule has 1 atom stereocenters. The molecule has 2 aromatic carbocycles. The zero-order valence-corrected chi connectivity index (χ0v) is 14.8. The molecule has 0 aliphatic carbocycles. The molecule has 26 heavy (non-hydrogen) atoms. The van der Waals surface area contributed by atoms with E-state index in [2.05, 4.69) is 5.16 Å². The molecular formula is C20H16ClNO4. The highest BCUT2D eigenvalue weighted by Crippen LogP contribution is 2.33. The van der Waals surface area contributed by atoms with E-state index in [-0.39, 0.29) is 12.7 Å². The Kier molecular flexibility index (Phi) is 4.39. The Morgan fingerprint density at radius 2 is 2.15 bits per heavy atom. The number of carbonyl (C=O) groups excluding carboxylic acids is 1.